The average Bonchev–Trinajstić information content (AvgIpc) is 2.44. The van der Waals surface area contributed by atoms with E-state index >= 15 is 0 Å². The van der Waals surface area contributed by atoms with E-state index in [9.17, 15) is 4.79 Å². The van der Waals surface area contributed by atoms with E-state index in [1.54, 1.807) is 17.6 Å². The first kappa shape index (κ1) is 12.3. The first-order chi connectivity index (χ1) is 7.00. The van der Waals surface area contributed by atoms with Gasteiger partial charge in [-0.25, -0.2) is 0 Å². The Morgan fingerprint density at radius 2 is 2.40 bits per heavy atom. The lowest BCUT2D eigenvalue weighted by Crippen LogP contribution is -2.27. The molecule has 1 amide bonds. The summed E-state index contributed by atoms with van der Waals surface area (Å²) in [7, 11) is 1.81. The molecule has 0 radical (unpaired) electrons. The maximum Gasteiger partial charge on any atom is 0.267 e. The van der Waals surface area contributed by atoms with Crippen LogP contribution in [-0.4, -0.2) is 28.2 Å². The van der Waals surface area contributed by atoms with E-state index in [0.29, 0.717) is 18.7 Å². The van der Waals surface area contributed by atoms with Crippen LogP contribution in [0.25, 0.3) is 0 Å². The van der Waals surface area contributed by atoms with Crippen molar-refractivity contribution in [2.24, 2.45) is 7.05 Å². The number of aliphatic hydroxyl groups excluding tert-OH is 1. The highest BCUT2D eigenvalue weighted by molar-refractivity contribution is 9.10. The summed E-state index contributed by atoms with van der Waals surface area (Å²) in [6.07, 6.45) is 2.01. The fourth-order valence-electron chi connectivity index (χ4n) is 1.24. The first-order valence-electron chi connectivity index (χ1n) is 4.79. The van der Waals surface area contributed by atoms with Gasteiger partial charge in [-0.05, 0) is 35.3 Å². The molecule has 1 heterocycles. The molecule has 0 aromatic carbocycles. The SMILES string of the molecule is CC(O)CCNC(=O)c1cc(Br)cn1C. The minimum absolute atomic E-state index is 0.121. The molecule has 0 spiro atoms. The van der Waals surface area contributed by atoms with Gasteiger partial charge in [-0.3, -0.25) is 4.79 Å². The van der Waals surface area contributed by atoms with Gasteiger partial charge < -0.3 is 15.0 Å². The minimum atomic E-state index is -0.384. The van der Waals surface area contributed by atoms with Crippen LogP contribution in [-0.2, 0) is 7.05 Å². The van der Waals surface area contributed by atoms with Crippen molar-refractivity contribution in [3.8, 4) is 0 Å². The van der Waals surface area contributed by atoms with Crippen LogP contribution in [0.5, 0.6) is 0 Å². The topological polar surface area (TPSA) is 54.3 Å². The average molecular weight is 275 g/mol. The number of aliphatic hydroxyl groups is 1. The van der Waals surface area contributed by atoms with Crippen LogP contribution in [0.15, 0.2) is 16.7 Å². The van der Waals surface area contributed by atoms with Gasteiger partial charge in [0.05, 0.1) is 6.10 Å². The molecule has 1 unspecified atom stereocenters. The van der Waals surface area contributed by atoms with E-state index < -0.39 is 0 Å². The molecule has 1 rings (SSSR count). The molecule has 0 aliphatic carbocycles. The number of aryl methyl sites for hydroxylation is 1. The van der Waals surface area contributed by atoms with Gasteiger partial charge in [0, 0.05) is 24.3 Å². The second kappa shape index (κ2) is 5.32. The number of carbonyl (C=O) groups is 1. The quantitative estimate of drug-likeness (QED) is 0.870. The number of hydrogen-bond donors (Lipinski definition) is 2. The zero-order valence-electron chi connectivity index (χ0n) is 8.83. The van der Waals surface area contributed by atoms with Crippen molar-refractivity contribution in [1.29, 1.82) is 0 Å². The Hall–Kier alpha value is -0.810. The molecule has 0 saturated carbocycles. The van der Waals surface area contributed by atoms with Crippen molar-refractivity contribution in [2.45, 2.75) is 19.4 Å². The zero-order valence-corrected chi connectivity index (χ0v) is 10.4. The summed E-state index contributed by atoms with van der Waals surface area (Å²) >= 11 is 3.30. The Labute approximate surface area is 97.4 Å². The molecule has 1 aromatic rings. The maximum atomic E-state index is 11.6. The van der Waals surface area contributed by atoms with Crippen molar-refractivity contribution < 1.29 is 9.90 Å². The van der Waals surface area contributed by atoms with Gasteiger partial charge in [-0.2, -0.15) is 0 Å². The molecule has 1 aromatic heterocycles. The van der Waals surface area contributed by atoms with Gasteiger partial charge in [0.25, 0.3) is 5.91 Å². The highest BCUT2D eigenvalue weighted by atomic mass is 79.9. The Bertz CT molecular complexity index is 347. The molecule has 1 atom stereocenters. The summed E-state index contributed by atoms with van der Waals surface area (Å²) < 4.78 is 2.63. The fourth-order valence-corrected chi connectivity index (χ4v) is 1.76. The maximum absolute atomic E-state index is 11.6. The van der Waals surface area contributed by atoms with Crippen LogP contribution < -0.4 is 5.32 Å². The second-order valence-electron chi connectivity index (χ2n) is 3.55. The molecule has 0 aliphatic heterocycles. The van der Waals surface area contributed by atoms with Crippen LogP contribution >= 0.6 is 15.9 Å². The number of carbonyl (C=O) groups excluding carboxylic acids is 1. The van der Waals surface area contributed by atoms with Gasteiger partial charge >= 0.3 is 0 Å². The summed E-state index contributed by atoms with van der Waals surface area (Å²) in [5.41, 5.74) is 0.604. The molecule has 84 valence electrons. The molecule has 4 nitrogen and oxygen atoms in total. The van der Waals surface area contributed by atoms with Crippen molar-refractivity contribution in [1.82, 2.24) is 9.88 Å². The van der Waals surface area contributed by atoms with E-state index in [1.165, 1.54) is 0 Å². The lowest BCUT2D eigenvalue weighted by atomic mass is 10.3. The summed E-state index contributed by atoms with van der Waals surface area (Å²) in [5, 5.41) is 11.8. The normalized spacial score (nSPS) is 12.5. The van der Waals surface area contributed by atoms with Gasteiger partial charge in [-0.1, -0.05) is 0 Å². The Morgan fingerprint density at radius 3 is 2.87 bits per heavy atom. The molecule has 2 N–H and O–H groups in total. The third-order valence-electron chi connectivity index (χ3n) is 2.05. The summed E-state index contributed by atoms with van der Waals surface area (Å²) in [5.74, 6) is -0.121. The number of amides is 1. The van der Waals surface area contributed by atoms with Crippen LogP contribution in [0.3, 0.4) is 0 Å². The fraction of sp³-hybridized carbons (Fsp3) is 0.500. The Morgan fingerprint density at radius 1 is 1.73 bits per heavy atom. The lowest BCUT2D eigenvalue weighted by Gasteiger charge is -2.07. The van der Waals surface area contributed by atoms with Crippen LogP contribution in [0.1, 0.15) is 23.8 Å². The van der Waals surface area contributed by atoms with E-state index in [2.05, 4.69) is 21.2 Å². The summed E-state index contributed by atoms with van der Waals surface area (Å²) in [6, 6.07) is 1.76. The summed E-state index contributed by atoms with van der Waals surface area (Å²) in [4.78, 5) is 11.6. The van der Waals surface area contributed by atoms with E-state index in [0.717, 1.165) is 4.47 Å². The number of nitrogens with one attached hydrogen (secondary N) is 1. The number of rotatable bonds is 4. The number of hydrogen-bond acceptors (Lipinski definition) is 2. The van der Waals surface area contributed by atoms with Crippen LogP contribution in [0, 0.1) is 0 Å². The summed E-state index contributed by atoms with van der Waals surface area (Å²) in [6.45, 7) is 2.19. The van der Waals surface area contributed by atoms with E-state index in [1.807, 2.05) is 13.2 Å². The molecular formula is C10H15BrN2O2. The standard InChI is InChI=1S/C10H15BrN2O2/c1-7(14)3-4-12-10(15)9-5-8(11)6-13(9)2/h5-7,14H,3-4H2,1-2H3,(H,12,15). The van der Waals surface area contributed by atoms with Crippen molar-refractivity contribution >= 4 is 21.8 Å². The number of halogens is 1. The van der Waals surface area contributed by atoms with Gasteiger partial charge in [0.2, 0.25) is 0 Å². The molecule has 15 heavy (non-hydrogen) atoms. The Balaban J connectivity index is 2.50. The molecule has 0 bridgehead atoms. The predicted octanol–water partition coefficient (Wildman–Crippen LogP) is 1.29. The molecular weight excluding hydrogens is 260 g/mol. The first-order valence-corrected chi connectivity index (χ1v) is 5.58. The number of aromatic nitrogens is 1. The second-order valence-corrected chi connectivity index (χ2v) is 4.46. The largest absolute Gasteiger partial charge is 0.393 e. The van der Waals surface area contributed by atoms with Crippen LogP contribution in [0.2, 0.25) is 0 Å². The van der Waals surface area contributed by atoms with Gasteiger partial charge in [0.1, 0.15) is 5.69 Å². The third kappa shape index (κ3) is 3.68. The minimum Gasteiger partial charge on any atom is -0.393 e. The highest BCUT2D eigenvalue weighted by Crippen LogP contribution is 2.13. The molecule has 0 saturated heterocycles. The Kier molecular flexibility index (Phi) is 4.35. The molecule has 5 heteroatoms. The van der Waals surface area contributed by atoms with E-state index in [-0.39, 0.29) is 12.0 Å². The third-order valence-corrected chi connectivity index (χ3v) is 2.49. The molecule has 0 aliphatic rings. The smallest absolute Gasteiger partial charge is 0.267 e. The molecule has 0 fully saturated rings. The van der Waals surface area contributed by atoms with Gasteiger partial charge in [-0.15, -0.1) is 0 Å². The van der Waals surface area contributed by atoms with Crippen LogP contribution in [0.4, 0.5) is 0 Å². The zero-order chi connectivity index (χ0) is 11.4. The lowest BCUT2D eigenvalue weighted by molar-refractivity contribution is 0.0937. The predicted molar refractivity (Wildman–Crippen MR) is 61.7 cm³/mol. The van der Waals surface area contributed by atoms with Crippen molar-refractivity contribution in [2.75, 3.05) is 6.54 Å². The van der Waals surface area contributed by atoms with Crippen molar-refractivity contribution in [3.05, 3.63) is 22.4 Å². The van der Waals surface area contributed by atoms with Crippen molar-refractivity contribution in [3.63, 3.8) is 0 Å². The monoisotopic (exact) mass is 274 g/mol. The van der Waals surface area contributed by atoms with E-state index in [4.69, 9.17) is 5.11 Å². The van der Waals surface area contributed by atoms with Gasteiger partial charge in [0.15, 0.2) is 0 Å². The highest BCUT2D eigenvalue weighted by Gasteiger charge is 2.10. The number of nitrogens with zero attached hydrogens (tertiary/aromatic N) is 1.